The van der Waals surface area contributed by atoms with Gasteiger partial charge in [0.1, 0.15) is 5.75 Å². The first-order valence-electron chi connectivity index (χ1n) is 5.07. The molecule has 4 nitrogen and oxygen atoms in total. The van der Waals surface area contributed by atoms with Crippen molar-refractivity contribution in [2.75, 3.05) is 0 Å². The number of aliphatic hydroxyl groups excluding tert-OH is 1. The predicted octanol–water partition coefficient (Wildman–Crippen LogP) is 2.98. The van der Waals surface area contributed by atoms with Gasteiger partial charge in [-0.15, -0.1) is 0 Å². The highest BCUT2D eigenvalue weighted by Gasteiger charge is 2.04. The quantitative estimate of drug-likeness (QED) is 0.910. The summed E-state index contributed by atoms with van der Waals surface area (Å²) in [7, 11) is 0. The topological polar surface area (TPSA) is 55.2 Å². The van der Waals surface area contributed by atoms with E-state index >= 15 is 0 Å². The standard InChI is InChI=1S/C12H11ClN2O2/c1-8(16)9-2-3-15-12(4-9)17-11-5-10(13)6-14-7-11/h2-8,16H,1H3. The van der Waals surface area contributed by atoms with E-state index in [1.807, 2.05) is 0 Å². The Hall–Kier alpha value is -1.65. The van der Waals surface area contributed by atoms with Crippen LogP contribution in [0.1, 0.15) is 18.6 Å². The summed E-state index contributed by atoms with van der Waals surface area (Å²) in [6, 6.07) is 5.05. The van der Waals surface area contributed by atoms with Gasteiger partial charge in [-0.3, -0.25) is 4.98 Å². The normalized spacial score (nSPS) is 12.2. The van der Waals surface area contributed by atoms with Crippen LogP contribution in [0.25, 0.3) is 0 Å². The van der Waals surface area contributed by atoms with Gasteiger partial charge in [0.15, 0.2) is 0 Å². The van der Waals surface area contributed by atoms with Gasteiger partial charge in [-0.2, -0.15) is 0 Å². The molecule has 2 rings (SSSR count). The van der Waals surface area contributed by atoms with E-state index in [-0.39, 0.29) is 0 Å². The summed E-state index contributed by atoms with van der Waals surface area (Å²) in [6.07, 6.45) is 4.09. The summed E-state index contributed by atoms with van der Waals surface area (Å²) < 4.78 is 5.48. The van der Waals surface area contributed by atoms with Crippen molar-refractivity contribution >= 4 is 11.6 Å². The minimum atomic E-state index is -0.558. The number of aromatic nitrogens is 2. The first-order chi connectivity index (χ1) is 8.15. The number of aliphatic hydroxyl groups is 1. The third kappa shape index (κ3) is 3.15. The maximum Gasteiger partial charge on any atom is 0.219 e. The lowest BCUT2D eigenvalue weighted by Crippen LogP contribution is -1.94. The van der Waals surface area contributed by atoms with Crippen molar-refractivity contribution < 1.29 is 9.84 Å². The molecule has 1 unspecified atom stereocenters. The second-order valence-corrected chi connectivity index (χ2v) is 3.98. The summed E-state index contributed by atoms with van der Waals surface area (Å²) in [4.78, 5) is 7.95. The van der Waals surface area contributed by atoms with Crippen LogP contribution in [-0.2, 0) is 0 Å². The Kier molecular flexibility index (Phi) is 3.56. The van der Waals surface area contributed by atoms with Crippen molar-refractivity contribution in [3.63, 3.8) is 0 Å². The Morgan fingerprint density at radius 2 is 2.18 bits per heavy atom. The summed E-state index contributed by atoms with van der Waals surface area (Å²) in [6.45, 7) is 1.68. The van der Waals surface area contributed by atoms with Gasteiger partial charge in [0.2, 0.25) is 5.88 Å². The minimum Gasteiger partial charge on any atom is -0.437 e. The second-order valence-electron chi connectivity index (χ2n) is 3.54. The van der Waals surface area contributed by atoms with E-state index in [1.54, 1.807) is 37.5 Å². The molecule has 0 saturated heterocycles. The molecule has 0 saturated carbocycles. The number of ether oxygens (including phenoxy) is 1. The molecule has 88 valence electrons. The lowest BCUT2D eigenvalue weighted by Gasteiger charge is -2.07. The molecule has 1 N–H and O–H groups in total. The van der Waals surface area contributed by atoms with Crippen molar-refractivity contribution in [2.45, 2.75) is 13.0 Å². The molecule has 0 radical (unpaired) electrons. The molecule has 0 amide bonds. The van der Waals surface area contributed by atoms with Crippen LogP contribution in [0.2, 0.25) is 5.02 Å². The zero-order valence-corrected chi connectivity index (χ0v) is 9.93. The minimum absolute atomic E-state index is 0.396. The Bertz CT molecular complexity index is 517. The number of hydrogen-bond donors (Lipinski definition) is 1. The molecule has 1 atom stereocenters. The molecule has 17 heavy (non-hydrogen) atoms. The average Bonchev–Trinajstić information content (AvgIpc) is 2.29. The van der Waals surface area contributed by atoms with Gasteiger partial charge in [0, 0.05) is 24.5 Å². The van der Waals surface area contributed by atoms with Gasteiger partial charge < -0.3 is 9.84 Å². The smallest absolute Gasteiger partial charge is 0.219 e. The molecule has 0 aromatic carbocycles. The van der Waals surface area contributed by atoms with Crippen LogP contribution in [-0.4, -0.2) is 15.1 Å². The van der Waals surface area contributed by atoms with Gasteiger partial charge >= 0.3 is 0 Å². The maximum absolute atomic E-state index is 9.44. The molecule has 0 bridgehead atoms. The zero-order chi connectivity index (χ0) is 12.3. The highest BCUT2D eigenvalue weighted by molar-refractivity contribution is 6.30. The summed E-state index contributed by atoms with van der Waals surface area (Å²) >= 11 is 5.79. The lowest BCUT2D eigenvalue weighted by atomic mass is 10.2. The Balaban J connectivity index is 2.21. The van der Waals surface area contributed by atoms with Crippen LogP contribution in [0.15, 0.2) is 36.8 Å². The van der Waals surface area contributed by atoms with Crippen LogP contribution < -0.4 is 4.74 Å². The van der Waals surface area contributed by atoms with E-state index < -0.39 is 6.10 Å². The third-order valence-electron chi connectivity index (χ3n) is 2.14. The summed E-state index contributed by atoms with van der Waals surface area (Å²) in [5, 5.41) is 9.94. The molecule has 0 aliphatic heterocycles. The van der Waals surface area contributed by atoms with E-state index in [0.29, 0.717) is 16.7 Å². The van der Waals surface area contributed by atoms with E-state index in [2.05, 4.69) is 9.97 Å². The SMILES string of the molecule is CC(O)c1ccnc(Oc2cncc(Cl)c2)c1. The molecule has 5 heteroatoms. The number of halogens is 1. The molecule has 2 heterocycles. The first-order valence-corrected chi connectivity index (χ1v) is 5.45. The molecule has 2 aromatic heterocycles. The first kappa shape index (κ1) is 11.8. The van der Waals surface area contributed by atoms with Crippen molar-refractivity contribution in [3.05, 3.63) is 47.4 Å². The van der Waals surface area contributed by atoms with Gasteiger partial charge in [0.25, 0.3) is 0 Å². The third-order valence-corrected chi connectivity index (χ3v) is 2.35. The summed E-state index contributed by atoms with van der Waals surface area (Å²) in [5.41, 5.74) is 0.741. The number of rotatable bonds is 3. The van der Waals surface area contributed by atoms with Crippen molar-refractivity contribution in [2.24, 2.45) is 0 Å². The Morgan fingerprint density at radius 3 is 2.88 bits per heavy atom. The van der Waals surface area contributed by atoms with Gasteiger partial charge in [0.05, 0.1) is 17.3 Å². The van der Waals surface area contributed by atoms with Crippen LogP contribution in [0.4, 0.5) is 0 Å². The van der Waals surface area contributed by atoms with E-state index in [1.165, 1.54) is 6.20 Å². The van der Waals surface area contributed by atoms with Gasteiger partial charge in [-0.1, -0.05) is 11.6 Å². The lowest BCUT2D eigenvalue weighted by molar-refractivity contribution is 0.198. The van der Waals surface area contributed by atoms with Crippen molar-refractivity contribution in [1.82, 2.24) is 9.97 Å². The van der Waals surface area contributed by atoms with Gasteiger partial charge in [-0.25, -0.2) is 4.98 Å². The molecule has 0 aliphatic carbocycles. The zero-order valence-electron chi connectivity index (χ0n) is 9.17. The Morgan fingerprint density at radius 1 is 1.35 bits per heavy atom. The molecular formula is C12H11ClN2O2. The molecule has 0 fully saturated rings. The Labute approximate surface area is 104 Å². The number of hydrogen-bond acceptors (Lipinski definition) is 4. The predicted molar refractivity (Wildman–Crippen MR) is 64.2 cm³/mol. The average molecular weight is 251 g/mol. The van der Waals surface area contributed by atoms with E-state index in [0.717, 1.165) is 5.56 Å². The fraction of sp³-hybridized carbons (Fsp3) is 0.167. The van der Waals surface area contributed by atoms with Crippen LogP contribution in [0.3, 0.4) is 0 Å². The van der Waals surface area contributed by atoms with E-state index in [9.17, 15) is 5.11 Å². The van der Waals surface area contributed by atoms with Crippen molar-refractivity contribution in [3.8, 4) is 11.6 Å². The number of pyridine rings is 2. The van der Waals surface area contributed by atoms with Gasteiger partial charge in [-0.05, 0) is 18.6 Å². The molecular weight excluding hydrogens is 240 g/mol. The molecule has 0 spiro atoms. The second kappa shape index (κ2) is 5.12. The highest BCUT2D eigenvalue weighted by atomic mass is 35.5. The van der Waals surface area contributed by atoms with Crippen LogP contribution in [0, 0.1) is 0 Å². The fourth-order valence-electron chi connectivity index (χ4n) is 1.31. The fourth-order valence-corrected chi connectivity index (χ4v) is 1.47. The molecule has 2 aromatic rings. The van der Waals surface area contributed by atoms with E-state index in [4.69, 9.17) is 16.3 Å². The molecule has 0 aliphatic rings. The highest BCUT2D eigenvalue weighted by Crippen LogP contribution is 2.23. The van der Waals surface area contributed by atoms with Crippen LogP contribution >= 0.6 is 11.6 Å². The maximum atomic E-state index is 9.44. The number of nitrogens with zero attached hydrogens (tertiary/aromatic N) is 2. The van der Waals surface area contributed by atoms with Crippen LogP contribution in [0.5, 0.6) is 11.6 Å². The largest absolute Gasteiger partial charge is 0.437 e. The summed E-state index contributed by atoms with van der Waals surface area (Å²) in [5.74, 6) is 0.903. The monoisotopic (exact) mass is 250 g/mol. The van der Waals surface area contributed by atoms with Crippen molar-refractivity contribution in [1.29, 1.82) is 0 Å².